The van der Waals surface area contributed by atoms with Gasteiger partial charge >= 0.3 is 11.7 Å². The summed E-state index contributed by atoms with van der Waals surface area (Å²) >= 11 is 0. The first-order valence-corrected chi connectivity index (χ1v) is 6.56. The molecular weight excluding hydrogens is 262 g/mol. The van der Waals surface area contributed by atoms with Gasteiger partial charge in [-0.3, -0.25) is 9.36 Å². The summed E-state index contributed by atoms with van der Waals surface area (Å²) in [5.74, 6) is -1.29. The second-order valence-electron chi connectivity index (χ2n) is 4.64. The summed E-state index contributed by atoms with van der Waals surface area (Å²) in [5, 5.41) is 18.6. The Kier molecular flexibility index (Phi) is 4.24. The fraction of sp³-hybridized carbons (Fsp3) is 0.429. The number of aromatic nitrogens is 1. The minimum absolute atomic E-state index is 0.0284. The molecule has 2 aromatic rings. The smallest absolute Gasteiger partial charge is 0.419 e. The summed E-state index contributed by atoms with van der Waals surface area (Å²) in [5.41, 5.74) is 1.76. The van der Waals surface area contributed by atoms with E-state index in [1.165, 1.54) is 4.57 Å². The van der Waals surface area contributed by atoms with Gasteiger partial charge in [-0.25, -0.2) is 4.79 Å². The third-order valence-corrected chi connectivity index (χ3v) is 3.26. The van der Waals surface area contributed by atoms with E-state index in [2.05, 4.69) is 0 Å². The molecule has 0 bridgehead atoms. The molecule has 6 nitrogen and oxygen atoms in total. The van der Waals surface area contributed by atoms with Crippen LogP contribution in [-0.2, 0) is 11.3 Å². The lowest BCUT2D eigenvalue weighted by molar-refractivity contribution is -0.137. The van der Waals surface area contributed by atoms with Crippen LogP contribution < -0.4 is 5.76 Å². The van der Waals surface area contributed by atoms with Crippen molar-refractivity contribution in [2.24, 2.45) is 0 Å². The van der Waals surface area contributed by atoms with Gasteiger partial charge in [0.1, 0.15) is 0 Å². The van der Waals surface area contributed by atoms with Crippen molar-refractivity contribution in [1.29, 1.82) is 0 Å². The minimum Gasteiger partial charge on any atom is -0.481 e. The molecule has 0 aliphatic heterocycles. The van der Waals surface area contributed by atoms with Crippen molar-refractivity contribution in [1.82, 2.24) is 4.57 Å². The Balaban J connectivity index is 2.19. The number of carboxylic acids is 1. The maximum atomic E-state index is 11.6. The summed E-state index contributed by atoms with van der Waals surface area (Å²) in [6, 6.07) is 5.10. The van der Waals surface area contributed by atoms with E-state index in [-0.39, 0.29) is 6.42 Å². The third kappa shape index (κ3) is 2.91. The molecule has 1 unspecified atom stereocenters. The molecule has 0 aliphatic carbocycles. The lowest BCUT2D eigenvalue weighted by Crippen LogP contribution is -2.11. The molecule has 0 radical (unpaired) electrons. The topological polar surface area (TPSA) is 92.7 Å². The van der Waals surface area contributed by atoms with Gasteiger partial charge in [-0.05, 0) is 37.5 Å². The number of rotatable bonds is 6. The average Bonchev–Trinajstić information content (AvgIpc) is 2.72. The number of nitrogens with zero attached hydrogens (tertiary/aromatic N) is 1. The first kappa shape index (κ1) is 14.3. The number of benzene rings is 1. The number of aliphatic hydroxyl groups is 1. The molecule has 0 saturated carbocycles. The molecule has 0 aliphatic rings. The van der Waals surface area contributed by atoms with Crippen molar-refractivity contribution < 1.29 is 19.4 Å². The zero-order valence-corrected chi connectivity index (χ0v) is 11.2. The van der Waals surface area contributed by atoms with Gasteiger partial charge in [-0.1, -0.05) is 6.07 Å². The van der Waals surface area contributed by atoms with E-state index in [0.717, 1.165) is 0 Å². The van der Waals surface area contributed by atoms with Crippen molar-refractivity contribution in [3.63, 3.8) is 0 Å². The fourth-order valence-corrected chi connectivity index (χ4v) is 2.20. The first-order valence-electron chi connectivity index (χ1n) is 6.56. The molecule has 0 amide bonds. The number of hydrogen-bond acceptors (Lipinski definition) is 4. The Morgan fingerprint density at radius 3 is 2.85 bits per heavy atom. The van der Waals surface area contributed by atoms with Crippen LogP contribution in [0.3, 0.4) is 0 Å². The Labute approximate surface area is 115 Å². The van der Waals surface area contributed by atoms with Crippen LogP contribution in [0.4, 0.5) is 0 Å². The number of carbonyl (C=O) groups is 1. The normalized spacial score (nSPS) is 12.7. The molecule has 1 aromatic heterocycles. The minimum atomic E-state index is -0.876. The van der Waals surface area contributed by atoms with Gasteiger partial charge in [0, 0.05) is 13.0 Å². The van der Waals surface area contributed by atoms with Crippen LogP contribution >= 0.6 is 0 Å². The monoisotopic (exact) mass is 279 g/mol. The molecule has 108 valence electrons. The van der Waals surface area contributed by atoms with Gasteiger partial charge < -0.3 is 14.6 Å². The number of oxazole rings is 1. The van der Waals surface area contributed by atoms with Crippen LogP contribution in [0, 0.1) is 0 Å². The van der Waals surface area contributed by atoms with E-state index >= 15 is 0 Å². The second-order valence-corrected chi connectivity index (χ2v) is 4.64. The largest absolute Gasteiger partial charge is 0.481 e. The van der Waals surface area contributed by atoms with Crippen LogP contribution in [-0.4, -0.2) is 20.7 Å². The molecular formula is C14H17NO5. The Morgan fingerprint density at radius 1 is 1.45 bits per heavy atom. The standard InChI is InChI=1S/C14H17NO5/c1-2-15-10-7-6-9(8-12(10)20-14(15)19)11(16)4-3-5-13(17)18/h6-8,11,16H,2-5H2,1H3,(H,17,18). The molecule has 0 saturated heterocycles. The first-order chi connectivity index (χ1) is 9.52. The molecule has 2 rings (SSSR count). The average molecular weight is 279 g/mol. The predicted octanol–water partition coefficient (Wildman–Crippen LogP) is 1.90. The molecule has 1 heterocycles. The SMILES string of the molecule is CCn1c(=O)oc2cc(C(O)CCCC(=O)O)ccc21. The van der Waals surface area contributed by atoms with Crippen molar-refractivity contribution in [2.75, 3.05) is 0 Å². The van der Waals surface area contributed by atoms with E-state index in [9.17, 15) is 14.7 Å². The summed E-state index contributed by atoms with van der Waals surface area (Å²) < 4.78 is 6.64. The fourth-order valence-electron chi connectivity index (χ4n) is 2.20. The number of fused-ring (bicyclic) bond motifs is 1. The molecule has 0 spiro atoms. The van der Waals surface area contributed by atoms with Gasteiger partial charge in [0.25, 0.3) is 0 Å². The van der Waals surface area contributed by atoms with Crippen molar-refractivity contribution in [2.45, 2.75) is 38.8 Å². The Bertz CT molecular complexity index is 670. The Hall–Kier alpha value is -2.08. The highest BCUT2D eigenvalue weighted by Crippen LogP contribution is 2.23. The van der Waals surface area contributed by atoms with Gasteiger partial charge in [0.15, 0.2) is 5.58 Å². The molecule has 0 fully saturated rings. The molecule has 1 aromatic carbocycles. The number of carboxylic acid groups (broad SMARTS) is 1. The molecule has 2 N–H and O–H groups in total. The van der Waals surface area contributed by atoms with Gasteiger partial charge in [0.05, 0.1) is 11.6 Å². The maximum Gasteiger partial charge on any atom is 0.419 e. The van der Waals surface area contributed by atoms with E-state index in [1.807, 2.05) is 6.92 Å². The maximum absolute atomic E-state index is 11.6. The second kappa shape index (κ2) is 5.92. The number of aliphatic hydroxyl groups excluding tert-OH is 1. The van der Waals surface area contributed by atoms with Gasteiger partial charge in [0.2, 0.25) is 0 Å². The number of aliphatic carboxylic acids is 1. The van der Waals surface area contributed by atoms with Gasteiger partial charge in [-0.2, -0.15) is 0 Å². The quantitative estimate of drug-likeness (QED) is 0.842. The summed E-state index contributed by atoms with van der Waals surface area (Å²) in [7, 11) is 0. The van der Waals surface area contributed by atoms with Crippen LogP contribution in [0.25, 0.3) is 11.1 Å². The highest BCUT2D eigenvalue weighted by Gasteiger charge is 2.13. The summed E-state index contributed by atoms with van der Waals surface area (Å²) in [6.45, 7) is 2.37. The van der Waals surface area contributed by atoms with Crippen molar-refractivity contribution in [3.8, 4) is 0 Å². The number of hydrogen-bond donors (Lipinski definition) is 2. The highest BCUT2D eigenvalue weighted by molar-refractivity contribution is 5.73. The van der Waals surface area contributed by atoms with Crippen LogP contribution in [0.2, 0.25) is 0 Å². The molecule has 20 heavy (non-hydrogen) atoms. The molecule has 1 atom stereocenters. The van der Waals surface area contributed by atoms with E-state index < -0.39 is 17.8 Å². The highest BCUT2D eigenvalue weighted by atomic mass is 16.4. The zero-order valence-electron chi connectivity index (χ0n) is 11.2. The third-order valence-electron chi connectivity index (χ3n) is 3.26. The van der Waals surface area contributed by atoms with Crippen LogP contribution in [0.1, 0.15) is 37.9 Å². The van der Waals surface area contributed by atoms with Crippen LogP contribution in [0.15, 0.2) is 27.4 Å². The van der Waals surface area contributed by atoms with Gasteiger partial charge in [-0.15, -0.1) is 0 Å². The van der Waals surface area contributed by atoms with E-state index in [1.54, 1.807) is 18.2 Å². The number of aryl methyl sites for hydroxylation is 1. The van der Waals surface area contributed by atoms with Crippen molar-refractivity contribution >= 4 is 17.1 Å². The van der Waals surface area contributed by atoms with E-state index in [4.69, 9.17) is 9.52 Å². The molecule has 6 heteroatoms. The van der Waals surface area contributed by atoms with Crippen molar-refractivity contribution in [3.05, 3.63) is 34.3 Å². The zero-order chi connectivity index (χ0) is 14.7. The summed E-state index contributed by atoms with van der Waals surface area (Å²) in [6.07, 6.45) is 0.0278. The van der Waals surface area contributed by atoms with E-state index in [0.29, 0.717) is 36.0 Å². The van der Waals surface area contributed by atoms with Crippen LogP contribution in [0.5, 0.6) is 0 Å². The Morgan fingerprint density at radius 2 is 2.20 bits per heavy atom. The predicted molar refractivity (Wildman–Crippen MR) is 72.6 cm³/mol. The lowest BCUT2D eigenvalue weighted by atomic mass is 10.0. The summed E-state index contributed by atoms with van der Waals surface area (Å²) in [4.78, 5) is 22.0. The lowest BCUT2D eigenvalue weighted by Gasteiger charge is -2.10.